The van der Waals surface area contributed by atoms with Gasteiger partial charge in [-0.1, -0.05) is 57.2 Å². The third-order valence-corrected chi connectivity index (χ3v) is 12.5. The molecule has 0 fully saturated rings. The van der Waals surface area contributed by atoms with Crippen molar-refractivity contribution >= 4 is 36.7 Å². The Bertz CT molecular complexity index is 1470. The summed E-state index contributed by atoms with van der Waals surface area (Å²) in [6.07, 6.45) is 8.94. The zero-order valence-electron chi connectivity index (χ0n) is 24.9. The molecule has 0 aliphatic rings. The molecule has 0 spiro atoms. The Morgan fingerprint density at radius 2 is 1.83 bits per heavy atom. The highest BCUT2D eigenvalue weighted by molar-refractivity contribution is 6.74. The van der Waals surface area contributed by atoms with Crippen LogP contribution in [0.4, 0.5) is 5.69 Å². The second-order valence-electron chi connectivity index (χ2n) is 12.2. The van der Waals surface area contributed by atoms with Crippen LogP contribution in [0, 0.1) is 0 Å². The lowest BCUT2D eigenvalue weighted by Gasteiger charge is -2.39. The summed E-state index contributed by atoms with van der Waals surface area (Å²) in [5, 5.41) is 4.23. The van der Waals surface area contributed by atoms with Crippen LogP contribution in [0.2, 0.25) is 18.1 Å². The maximum absolute atomic E-state index is 12.6. The summed E-state index contributed by atoms with van der Waals surface area (Å²) < 4.78 is 10.9. The van der Waals surface area contributed by atoms with Crippen molar-refractivity contribution in [3.05, 3.63) is 84.6 Å². The first kappa shape index (κ1) is 30.3. The van der Waals surface area contributed by atoms with Gasteiger partial charge in [0.1, 0.15) is 11.9 Å². The molecular formula is C32H43N5O3Si. The largest absolute Gasteiger partial charge is 0.397 e. The number of benzene rings is 2. The van der Waals surface area contributed by atoms with Crippen LogP contribution in [0.25, 0.3) is 10.9 Å². The maximum atomic E-state index is 12.6. The first-order valence-corrected chi connectivity index (χ1v) is 17.3. The quantitative estimate of drug-likeness (QED) is 0.170. The van der Waals surface area contributed by atoms with Crippen LogP contribution in [0.3, 0.4) is 0 Å². The molecule has 0 radical (unpaired) electrons. The van der Waals surface area contributed by atoms with Gasteiger partial charge in [-0.3, -0.25) is 9.59 Å². The van der Waals surface area contributed by atoms with Crippen LogP contribution in [-0.2, 0) is 22.2 Å². The molecule has 1 unspecified atom stereocenters. The van der Waals surface area contributed by atoms with E-state index in [1.54, 1.807) is 12.5 Å². The average molecular weight is 574 g/mol. The minimum atomic E-state index is -2.09. The highest BCUT2D eigenvalue weighted by Gasteiger charge is 2.39. The molecule has 9 heteroatoms. The van der Waals surface area contributed by atoms with Gasteiger partial charge in [0.25, 0.3) is 5.91 Å². The van der Waals surface area contributed by atoms with Crippen LogP contribution in [0.1, 0.15) is 68.7 Å². The lowest BCUT2D eigenvalue weighted by atomic mass is 10.1. The molecule has 3 N–H and O–H groups in total. The summed E-state index contributed by atoms with van der Waals surface area (Å²) in [5.74, 6) is -0.521. The van der Waals surface area contributed by atoms with Gasteiger partial charge in [-0.2, -0.15) is 0 Å². The Hall–Kier alpha value is -3.69. The third-order valence-electron chi connectivity index (χ3n) is 8.04. The third kappa shape index (κ3) is 7.95. The van der Waals surface area contributed by atoms with Gasteiger partial charge in [-0.25, -0.2) is 4.98 Å². The Labute approximate surface area is 244 Å². The van der Waals surface area contributed by atoms with Gasteiger partial charge in [0.05, 0.1) is 11.8 Å². The van der Waals surface area contributed by atoms with E-state index in [0.717, 1.165) is 48.8 Å². The standard InChI is InChI=1S/C32H43N5O3Si/c1-32(2,3)41(4,5)40-30(37-22-27(31(33)39)34-23-37)15-10-19-36-20-18-25-16-17-26(21-28(25)36)35-29(38)14-9-13-24-11-7-6-8-12-24/h6-8,11-12,16-18,20-23,30H,9-10,13-15,19H2,1-5H3,(H2,33,39)(H,35,38). The molecule has 2 heterocycles. The number of nitrogens with zero attached hydrogens (tertiary/aromatic N) is 3. The molecule has 8 nitrogen and oxygen atoms in total. The van der Waals surface area contributed by atoms with Gasteiger partial charge in [0.15, 0.2) is 8.32 Å². The van der Waals surface area contributed by atoms with Crippen molar-refractivity contribution in [2.45, 2.75) is 83.8 Å². The second kappa shape index (κ2) is 12.9. The number of aryl methyl sites for hydroxylation is 2. The van der Waals surface area contributed by atoms with Gasteiger partial charge >= 0.3 is 0 Å². The van der Waals surface area contributed by atoms with Crippen LogP contribution in [0.5, 0.6) is 0 Å². The van der Waals surface area contributed by atoms with Gasteiger partial charge in [-0.05, 0) is 73.0 Å². The molecule has 4 rings (SSSR count). The molecule has 0 aliphatic carbocycles. The minimum Gasteiger partial charge on any atom is -0.397 e. The predicted octanol–water partition coefficient (Wildman–Crippen LogP) is 6.90. The Morgan fingerprint density at radius 1 is 1.07 bits per heavy atom. The molecular weight excluding hydrogens is 530 g/mol. The van der Waals surface area contributed by atoms with Crippen LogP contribution in [0.15, 0.2) is 73.3 Å². The van der Waals surface area contributed by atoms with E-state index in [0.29, 0.717) is 6.42 Å². The van der Waals surface area contributed by atoms with Gasteiger partial charge in [0.2, 0.25) is 5.91 Å². The topological polar surface area (TPSA) is 104 Å². The Morgan fingerprint density at radius 3 is 2.51 bits per heavy atom. The van der Waals surface area contributed by atoms with Gasteiger partial charge in [0, 0.05) is 31.0 Å². The molecule has 2 aromatic heterocycles. The zero-order valence-corrected chi connectivity index (χ0v) is 25.9. The number of nitrogens with two attached hydrogens (primary N) is 1. The first-order chi connectivity index (χ1) is 19.4. The maximum Gasteiger partial charge on any atom is 0.268 e. The van der Waals surface area contributed by atoms with Crippen molar-refractivity contribution < 1.29 is 14.0 Å². The number of primary amides is 1. The number of carbonyl (C=O) groups excluding carboxylic acids is 2. The molecule has 0 saturated heterocycles. The molecule has 218 valence electrons. The molecule has 2 aromatic carbocycles. The summed E-state index contributed by atoms with van der Waals surface area (Å²) in [5.41, 5.74) is 8.82. The summed E-state index contributed by atoms with van der Waals surface area (Å²) in [6.45, 7) is 11.9. The first-order valence-electron chi connectivity index (χ1n) is 14.4. The summed E-state index contributed by atoms with van der Waals surface area (Å²) in [7, 11) is -2.09. The normalized spacial score (nSPS) is 12.9. The number of hydrogen-bond acceptors (Lipinski definition) is 4. The molecule has 2 amide bonds. The number of imidazole rings is 1. The summed E-state index contributed by atoms with van der Waals surface area (Å²) >= 11 is 0. The van der Waals surface area contributed by atoms with Crippen molar-refractivity contribution in [3.8, 4) is 0 Å². The van der Waals surface area contributed by atoms with Gasteiger partial charge in [-0.15, -0.1) is 0 Å². The Kier molecular flexibility index (Phi) is 9.50. The Balaban J connectivity index is 1.39. The van der Waals surface area contributed by atoms with E-state index >= 15 is 0 Å². The highest BCUT2D eigenvalue weighted by atomic mass is 28.4. The van der Waals surface area contributed by atoms with Crippen molar-refractivity contribution in [1.82, 2.24) is 14.1 Å². The van der Waals surface area contributed by atoms with Crippen LogP contribution < -0.4 is 11.1 Å². The molecule has 1 atom stereocenters. The predicted molar refractivity (Wildman–Crippen MR) is 167 cm³/mol. The molecule has 0 aliphatic heterocycles. The molecule has 0 saturated carbocycles. The fraction of sp³-hybridized carbons (Fsp3) is 0.406. The van der Waals surface area contributed by atoms with E-state index in [9.17, 15) is 9.59 Å². The average Bonchev–Trinajstić information content (AvgIpc) is 3.56. The monoisotopic (exact) mass is 573 g/mol. The van der Waals surface area contributed by atoms with E-state index in [4.69, 9.17) is 10.2 Å². The van der Waals surface area contributed by atoms with E-state index in [-0.39, 0.29) is 22.9 Å². The lowest BCUT2D eigenvalue weighted by Crippen LogP contribution is -2.42. The molecule has 4 aromatic rings. The number of carbonyl (C=O) groups is 2. The van der Waals surface area contributed by atoms with E-state index < -0.39 is 14.2 Å². The number of rotatable bonds is 13. The fourth-order valence-corrected chi connectivity index (χ4v) is 5.89. The van der Waals surface area contributed by atoms with Crippen LogP contribution in [-0.4, -0.2) is 34.2 Å². The zero-order chi connectivity index (χ0) is 29.6. The number of hydrogen-bond donors (Lipinski definition) is 2. The summed E-state index contributed by atoms with van der Waals surface area (Å²) in [4.78, 5) is 28.5. The molecule has 0 bridgehead atoms. The van der Waals surface area contributed by atoms with Crippen molar-refractivity contribution in [2.75, 3.05) is 5.32 Å². The number of fused-ring (bicyclic) bond motifs is 1. The van der Waals surface area contributed by atoms with E-state index in [1.165, 1.54) is 5.56 Å². The second-order valence-corrected chi connectivity index (χ2v) is 17.0. The van der Waals surface area contributed by atoms with Gasteiger partial charge < -0.3 is 24.6 Å². The van der Waals surface area contributed by atoms with Crippen molar-refractivity contribution in [3.63, 3.8) is 0 Å². The number of amides is 2. The smallest absolute Gasteiger partial charge is 0.268 e. The van der Waals surface area contributed by atoms with Crippen LogP contribution >= 0.6 is 0 Å². The van der Waals surface area contributed by atoms with Crippen molar-refractivity contribution in [1.29, 1.82) is 0 Å². The lowest BCUT2D eigenvalue weighted by molar-refractivity contribution is -0.116. The SMILES string of the molecule is CC(C)(C)[Si](C)(C)OC(CCCn1ccc2ccc(NC(=O)CCCc3ccccc3)cc21)n1cnc(C(N)=O)c1. The number of anilines is 1. The summed E-state index contributed by atoms with van der Waals surface area (Å²) in [6, 6.07) is 18.4. The number of aromatic nitrogens is 3. The van der Waals surface area contributed by atoms with Crippen molar-refractivity contribution in [2.24, 2.45) is 5.73 Å². The highest BCUT2D eigenvalue weighted by Crippen LogP contribution is 2.39. The minimum absolute atomic E-state index is 0.0275. The fourth-order valence-electron chi connectivity index (χ4n) is 4.62. The molecule has 41 heavy (non-hydrogen) atoms. The van der Waals surface area contributed by atoms with E-state index in [1.807, 2.05) is 41.0 Å². The van der Waals surface area contributed by atoms with E-state index in [2.05, 4.69) is 73.1 Å². The number of nitrogens with one attached hydrogen (secondary N) is 1.